The van der Waals surface area contributed by atoms with Crippen LogP contribution in [0.3, 0.4) is 0 Å². The summed E-state index contributed by atoms with van der Waals surface area (Å²) in [6, 6.07) is 20.5. The molecule has 0 fully saturated rings. The van der Waals surface area contributed by atoms with Gasteiger partial charge in [0.2, 0.25) is 0 Å². The van der Waals surface area contributed by atoms with E-state index in [1.54, 1.807) is 48.8 Å². The Labute approximate surface area is 268 Å². The SMILES string of the molecule is O=[N+]([O-])c1ccccc1CO/N=C/c1cc[n+](CCC[n+]2ccc(/C=N/OCc3ccccc3[N+](=O)[O-])cc2)cc1.[Br-].[Br-]. The number of nitrogens with zero attached hydrogens (tertiary/aromatic N) is 6. The molecule has 2 heterocycles. The Morgan fingerprint density at radius 3 is 1.37 bits per heavy atom. The second-order valence-corrected chi connectivity index (χ2v) is 8.88. The highest BCUT2D eigenvalue weighted by atomic mass is 79.9. The van der Waals surface area contributed by atoms with Crippen molar-refractivity contribution in [2.45, 2.75) is 32.7 Å². The molecule has 14 heteroatoms. The van der Waals surface area contributed by atoms with E-state index in [1.807, 2.05) is 49.1 Å². The number of aromatic nitrogens is 2. The van der Waals surface area contributed by atoms with Crippen molar-refractivity contribution in [3.63, 3.8) is 0 Å². The Bertz CT molecular complexity index is 1420. The zero-order chi connectivity index (χ0) is 28.9. The van der Waals surface area contributed by atoms with Crippen LogP contribution in [0.5, 0.6) is 0 Å². The maximum Gasteiger partial charge on any atom is 0.276 e. The van der Waals surface area contributed by atoms with Crippen molar-refractivity contribution in [3.8, 4) is 0 Å². The molecular formula is C29H28Br2N6O6. The lowest BCUT2D eigenvalue weighted by Crippen LogP contribution is -3.00. The number of nitro benzene ring substituents is 2. The number of oxime groups is 2. The fraction of sp³-hybridized carbons (Fsp3) is 0.172. The molecule has 224 valence electrons. The van der Waals surface area contributed by atoms with Gasteiger partial charge in [-0.1, -0.05) is 34.6 Å². The molecule has 0 N–H and O–H groups in total. The monoisotopic (exact) mass is 714 g/mol. The molecule has 0 saturated carbocycles. The van der Waals surface area contributed by atoms with Crippen molar-refractivity contribution in [1.82, 2.24) is 0 Å². The van der Waals surface area contributed by atoms with Crippen LogP contribution in [0, 0.1) is 20.2 Å². The van der Waals surface area contributed by atoms with Crippen LogP contribution in [0.25, 0.3) is 0 Å². The zero-order valence-corrected chi connectivity index (χ0v) is 26.0. The lowest BCUT2D eigenvalue weighted by atomic mass is 10.2. The van der Waals surface area contributed by atoms with E-state index >= 15 is 0 Å². The highest BCUT2D eigenvalue weighted by Gasteiger charge is 2.13. The highest BCUT2D eigenvalue weighted by molar-refractivity contribution is 5.78. The quantitative estimate of drug-likeness (QED) is 0.0660. The first-order valence-electron chi connectivity index (χ1n) is 12.7. The maximum absolute atomic E-state index is 11.1. The molecular weight excluding hydrogens is 688 g/mol. The van der Waals surface area contributed by atoms with Gasteiger partial charge in [-0.25, -0.2) is 9.13 Å². The Morgan fingerprint density at radius 2 is 1.00 bits per heavy atom. The molecule has 2 aromatic carbocycles. The molecule has 0 spiro atoms. The Morgan fingerprint density at radius 1 is 0.628 bits per heavy atom. The molecule has 0 aliphatic carbocycles. The van der Waals surface area contributed by atoms with Crippen LogP contribution >= 0.6 is 0 Å². The molecule has 43 heavy (non-hydrogen) atoms. The minimum absolute atomic E-state index is 0. The molecule has 0 radical (unpaired) electrons. The molecule has 0 saturated heterocycles. The summed E-state index contributed by atoms with van der Waals surface area (Å²) in [5.41, 5.74) is 2.63. The number of hydrogen-bond donors (Lipinski definition) is 0. The number of benzene rings is 2. The van der Waals surface area contributed by atoms with Crippen LogP contribution in [0.1, 0.15) is 28.7 Å². The zero-order valence-electron chi connectivity index (χ0n) is 22.8. The van der Waals surface area contributed by atoms with Crippen LogP contribution in [-0.2, 0) is 36.0 Å². The highest BCUT2D eigenvalue weighted by Crippen LogP contribution is 2.19. The molecule has 0 aliphatic rings. The van der Waals surface area contributed by atoms with Gasteiger partial charge in [-0.15, -0.1) is 0 Å². The van der Waals surface area contributed by atoms with Crippen LogP contribution in [0.15, 0.2) is 108 Å². The Hall–Kier alpha value is -4.56. The number of nitro groups is 2. The van der Waals surface area contributed by atoms with E-state index in [2.05, 4.69) is 19.4 Å². The number of rotatable bonds is 14. The lowest BCUT2D eigenvalue weighted by Gasteiger charge is -2.01. The molecule has 0 atom stereocenters. The molecule has 0 bridgehead atoms. The third kappa shape index (κ3) is 11.0. The van der Waals surface area contributed by atoms with E-state index in [-0.39, 0.29) is 58.6 Å². The van der Waals surface area contributed by atoms with Gasteiger partial charge in [0.15, 0.2) is 37.9 Å². The number of hydrogen-bond acceptors (Lipinski definition) is 8. The number of halogens is 2. The van der Waals surface area contributed by atoms with Gasteiger partial charge in [-0.05, 0) is 12.1 Å². The molecule has 4 aromatic rings. The van der Waals surface area contributed by atoms with Gasteiger partial charge in [0.25, 0.3) is 11.4 Å². The van der Waals surface area contributed by atoms with Crippen molar-refractivity contribution >= 4 is 23.8 Å². The van der Waals surface area contributed by atoms with Gasteiger partial charge in [0.05, 0.1) is 39.8 Å². The second kappa shape index (κ2) is 18.1. The van der Waals surface area contributed by atoms with Crippen molar-refractivity contribution in [2.75, 3.05) is 0 Å². The van der Waals surface area contributed by atoms with Crippen molar-refractivity contribution < 1.29 is 62.6 Å². The standard InChI is InChI=1S/C29H28N6O6.2BrH/c36-34(37)28-8-3-1-6-26(28)22-40-30-20-24-10-16-32(17-11-24)14-5-15-33-18-12-25(13-19-33)21-31-41-23-27-7-2-4-9-29(27)35(38)39;;/h1-4,6-13,16-21H,5,14-15,22-23H2;2*1H/q+2;;/p-2/b30-20+,31-21+;;. The van der Waals surface area contributed by atoms with E-state index in [1.165, 1.54) is 12.1 Å². The third-order valence-corrected chi connectivity index (χ3v) is 6.04. The van der Waals surface area contributed by atoms with Crippen molar-refractivity contribution in [3.05, 3.63) is 140 Å². The predicted octanol–water partition coefficient (Wildman–Crippen LogP) is -1.72. The predicted molar refractivity (Wildman–Crippen MR) is 149 cm³/mol. The summed E-state index contributed by atoms with van der Waals surface area (Å²) >= 11 is 0. The van der Waals surface area contributed by atoms with Crippen molar-refractivity contribution in [1.29, 1.82) is 0 Å². The maximum atomic E-state index is 11.1. The van der Waals surface area contributed by atoms with E-state index < -0.39 is 9.85 Å². The van der Waals surface area contributed by atoms with E-state index in [0.717, 1.165) is 30.6 Å². The fourth-order valence-corrected chi connectivity index (χ4v) is 3.88. The molecule has 0 unspecified atom stereocenters. The summed E-state index contributed by atoms with van der Waals surface area (Å²) in [6.07, 6.45) is 11.9. The number of pyridine rings is 2. The summed E-state index contributed by atoms with van der Waals surface area (Å²) in [5, 5.41) is 30.0. The van der Waals surface area contributed by atoms with Gasteiger partial charge >= 0.3 is 0 Å². The smallest absolute Gasteiger partial charge is 0.276 e. The van der Waals surface area contributed by atoms with E-state index in [0.29, 0.717) is 11.1 Å². The van der Waals surface area contributed by atoms with Crippen molar-refractivity contribution in [2.24, 2.45) is 10.3 Å². The first-order valence-corrected chi connectivity index (χ1v) is 12.7. The first-order chi connectivity index (χ1) is 20.0. The minimum Gasteiger partial charge on any atom is -1.00 e. The van der Waals surface area contributed by atoms with Crippen LogP contribution in [-0.4, -0.2) is 22.3 Å². The summed E-state index contributed by atoms with van der Waals surface area (Å²) in [5.74, 6) is 0. The second-order valence-electron chi connectivity index (χ2n) is 8.88. The topological polar surface area (TPSA) is 137 Å². The average Bonchev–Trinajstić information content (AvgIpc) is 2.99. The van der Waals surface area contributed by atoms with Crippen LogP contribution in [0.4, 0.5) is 11.4 Å². The molecule has 4 rings (SSSR count). The minimum atomic E-state index is -0.439. The number of para-hydroxylation sites is 2. The lowest BCUT2D eigenvalue weighted by molar-refractivity contribution is -0.726. The summed E-state index contributed by atoms with van der Waals surface area (Å²) in [4.78, 5) is 31.7. The van der Waals surface area contributed by atoms with Gasteiger partial charge < -0.3 is 43.6 Å². The summed E-state index contributed by atoms with van der Waals surface area (Å²) in [7, 11) is 0. The van der Waals surface area contributed by atoms with Gasteiger partial charge in [0.1, 0.15) is 13.2 Å². The molecule has 0 aliphatic heterocycles. The molecule has 0 amide bonds. The summed E-state index contributed by atoms with van der Waals surface area (Å²) in [6.45, 7) is 1.67. The van der Waals surface area contributed by atoms with Gasteiger partial charge in [0, 0.05) is 47.5 Å². The fourth-order valence-electron chi connectivity index (χ4n) is 3.88. The molecule has 12 nitrogen and oxygen atoms in total. The average molecular weight is 716 g/mol. The van der Waals surface area contributed by atoms with E-state index in [9.17, 15) is 20.2 Å². The van der Waals surface area contributed by atoms with Gasteiger partial charge in [-0.3, -0.25) is 20.2 Å². The normalized spacial score (nSPS) is 10.6. The van der Waals surface area contributed by atoms with Crippen LogP contribution < -0.4 is 43.1 Å². The van der Waals surface area contributed by atoms with Crippen LogP contribution in [0.2, 0.25) is 0 Å². The number of aryl methyl sites for hydroxylation is 2. The Kier molecular flexibility index (Phi) is 14.6. The third-order valence-electron chi connectivity index (χ3n) is 6.04. The first kappa shape index (κ1) is 34.6. The van der Waals surface area contributed by atoms with Gasteiger partial charge in [-0.2, -0.15) is 0 Å². The largest absolute Gasteiger partial charge is 1.00 e. The van der Waals surface area contributed by atoms with E-state index in [4.69, 9.17) is 9.68 Å². The summed E-state index contributed by atoms with van der Waals surface area (Å²) < 4.78 is 4.14. The molecule has 2 aromatic heterocycles. The Balaban J connectivity index is 0.00000323.